The third-order valence-corrected chi connectivity index (χ3v) is 4.13. The summed E-state index contributed by atoms with van der Waals surface area (Å²) in [7, 11) is 0. The van der Waals surface area contributed by atoms with Crippen LogP contribution in [0.25, 0.3) is 0 Å². The van der Waals surface area contributed by atoms with E-state index >= 15 is 0 Å². The fourth-order valence-electron chi connectivity index (χ4n) is 2.89. The first-order chi connectivity index (χ1) is 11.2. The lowest BCUT2D eigenvalue weighted by Gasteiger charge is -2.17. The van der Waals surface area contributed by atoms with Gasteiger partial charge in [0.15, 0.2) is 0 Å². The van der Waals surface area contributed by atoms with Crippen molar-refractivity contribution in [2.75, 3.05) is 18.4 Å². The summed E-state index contributed by atoms with van der Waals surface area (Å²) in [5.74, 6) is 0.692. The van der Waals surface area contributed by atoms with Crippen molar-refractivity contribution in [3.05, 3.63) is 53.9 Å². The van der Waals surface area contributed by atoms with Crippen molar-refractivity contribution < 1.29 is 4.79 Å². The van der Waals surface area contributed by atoms with Crippen LogP contribution in [0.15, 0.2) is 42.6 Å². The van der Waals surface area contributed by atoms with E-state index in [4.69, 9.17) is 0 Å². The average molecular weight is 310 g/mol. The second-order valence-electron chi connectivity index (χ2n) is 5.92. The van der Waals surface area contributed by atoms with Crippen molar-refractivity contribution in [1.29, 1.82) is 0 Å². The van der Waals surface area contributed by atoms with Crippen LogP contribution >= 0.6 is 0 Å². The molecule has 0 bridgehead atoms. The number of hydrogen-bond acceptors (Lipinski definition) is 4. The summed E-state index contributed by atoms with van der Waals surface area (Å²) in [6.45, 7) is 3.52. The lowest BCUT2D eigenvalue weighted by molar-refractivity contribution is -0.128. The maximum atomic E-state index is 12.4. The van der Waals surface area contributed by atoms with Crippen molar-refractivity contribution >= 4 is 11.9 Å². The number of amides is 1. The van der Waals surface area contributed by atoms with Crippen molar-refractivity contribution in [3.63, 3.8) is 0 Å². The minimum atomic E-state index is -0.200. The van der Waals surface area contributed by atoms with E-state index in [9.17, 15) is 4.79 Å². The molecule has 1 aliphatic rings. The van der Waals surface area contributed by atoms with Crippen molar-refractivity contribution in [3.8, 4) is 0 Å². The molecule has 1 fully saturated rings. The summed E-state index contributed by atoms with van der Waals surface area (Å²) in [6, 6.07) is 12.0. The van der Waals surface area contributed by atoms with E-state index in [1.165, 1.54) is 5.56 Å². The molecule has 5 nitrogen and oxygen atoms in total. The molecule has 3 rings (SSSR count). The third-order valence-electron chi connectivity index (χ3n) is 4.13. The highest BCUT2D eigenvalue weighted by molar-refractivity contribution is 5.86. The zero-order valence-corrected chi connectivity index (χ0v) is 13.4. The summed E-state index contributed by atoms with van der Waals surface area (Å²) in [5, 5.41) is 3.16. The van der Waals surface area contributed by atoms with E-state index in [0.29, 0.717) is 5.95 Å². The largest absolute Gasteiger partial charge is 0.342 e. The van der Waals surface area contributed by atoms with E-state index in [2.05, 4.69) is 39.6 Å². The molecule has 5 heteroatoms. The summed E-state index contributed by atoms with van der Waals surface area (Å²) in [5.41, 5.74) is 2.22. The van der Waals surface area contributed by atoms with Crippen LogP contribution in [0.2, 0.25) is 0 Å². The molecule has 2 aromatic rings. The summed E-state index contributed by atoms with van der Waals surface area (Å²) in [4.78, 5) is 22.9. The molecule has 0 radical (unpaired) electrons. The van der Waals surface area contributed by atoms with Crippen LogP contribution in [-0.2, 0) is 11.2 Å². The Balaban J connectivity index is 1.48. The number of carbonyl (C=O) groups is 1. The van der Waals surface area contributed by atoms with Crippen molar-refractivity contribution in [2.24, 2.45) is 0 Å². The quantitative estimate of drug-likeness (QED) is 0.890. The molecular formula is C18H22N4O. The van der Waals surface area contributed by atoms with Crippen LogP contribution < -0.4 is 5.32 Å². The first kappa shape index (κ1) is 15.5. The molecule has 1 atom stereocenters. The minimum Gasteiger partial charge on any atom is -0.342 e. The fourth-order valence-corrected chi connectivity index (χ4v) is 2.89. The number of aromatic nitrogens is 2. The van der Waals surface area contributed by atoms with Gasteiger partial charge in [-0.05, 0) is 37.8 Å². The van der Waals surface area contributed by atoms with E-state index in [-0.39, 0.29) is 11.9 Å². The Bertz CT molecular complexity index is 659. The fraction of sp³-hybridized carbons (Fsp3) is 0.389. The second-order valence-corrected chi connectivity index (χ2v) is 5.92. The third kappa shape index (κ3) is 4.06. The van der Waals surface area contributed by atoms with Gasteiger partial charge in [-0.2, -0.15) is 0 Å². The smallest absolute Gasteiger partial charge is 0.245 e. The number of anilines is 1. The highest BCUT2D eigenvalue weighted by Crippen LogP contribution is 2.16. The van der Waals surface area contributed by atoms with E-state index < -0.39 is 0 Å². The van der Waals surface area contributed by atoms with E-state index in [0.717, 1.165) is 38.0 Å². The molecule has 0 spiro atoms. The summed E-state index contributed by atoms with van der Waals surface area (Å²) < 4.78 is 0. The molecule has 1 unspecified atom stereocenters. The van der Waals surface area contributed by atoms with Crippen LogP contribution in [0.5, 0.6) is 0 Å². The predicted octanol–water partition coefficient (Wildman–Crippen LogP) is 2.43. The van der Waals surface area contributed by atoms with Gasteiger partial charge in [-0.15, -0.1) is 0 Å². The number of aryl methyl sites for hydroxylation is 2. The van der Waals surface area contributed by atoms with Gasteiger partial charge in [0.25, 0.3) is 0 Å². The molecule has 2 heterocycles. The lowest BCUT2D eigenvalue weighted by atomic mass is 10.1. The Hall–Kier alpha value is -2.43. The Labute approximate surface area is 136 Å². The number of benzene rings is 1. The number of nitrogens with zero attached hydrogens (tertiary/aromatic N) is 3. The molecule has 0 aliphatic carbocycles. The number of likely N-dealkylation sites (tertiary alicyclic amines) is 1. The second kappa shape index (κ2) is 7.22. The molecule has 23 heavy (non-hydrogen) atoms. The Kier molecular flexibility index (Phi) is 4.86. The number of carbonyl (C=O) groups excluding carboxylic acids is 1. The van der Waals surface area contributed by atoms with Crippen LogP contribution in [0.3, 0.4) is 0 Å². The molecule has 1 N–H and O–H groups in total. The highest BCUT2D eigenvalue weighted by atomic mass is 16.2. The van der Waals surface area contributed by atoms with Gasteiger partial charge in [-0.3, -0.25) is 4.79 Å². The minimum absolute atomic E-state index is 0.156. The molecule has 1 aromatic carbocycles. The molecule has 1 aromatic heterocycles. The summed E-state index contributed by atoms with van der Waals surface area (Å²) in [6.07, 6.45) is 4.51. The van der Waals surface area contributed by atoms with E-state index in [1.807, 2.05) is 24.0 Å². The highest BCUT2D eigenvalue weighted by Gasteiger charge is 2.31. The van der Waals surface area contributed by atoms with Crippen molar-refractivity contribution in [1.82, 2.24) is 14.9 Å². The molecule has 1 saturated heterocycles. The number of hydrogen-bond donors (Lipinski definition) is 1. The van der Waals surface area contributed by atoms with E-state index in [1.54, 1.807) is 6.20 Å². The first-order valence-corrected chi connectivity index (χ1v) is 8.11. The van der Waals surface area contributed by atoms with Gasteiger partial charge in [-0.1, -0.05) is 30.3 Å². The SMILES string of the molecule is Cc1ccnc(NC2CCN(CCCc3ccccc3)C2=O)n1. The van der Waals surface area contributed by atoms with Crippen LogP contribution in [0.4, 0.5) is 5.95 Å². The van der Waals surface area contributed by atoms with Crippen molar-refractivity contribution in [2.45, 2.75) is 32.2 Å². The van der Waals surface area contributed by atoms with Crippen LogP contribution in [0.1, 0.15) is 24.1 Å². The van der Waals surface area contributed by atoms with Crippen LogP contribution in [-0.4, -0.2) is 39.9 Å². The predicted molar refractivity (Wildman–Crippen MR) is 90.1 cm³/mol. The van der Waals surface area contributed by atoms with Gasteiger partial charge in [0.2, 0.25) is 11.9 Å². The monoisotopic (exact) mass is 310 g/mol. The number of rotatable bonds is 6. The zero-order chi connectivity index (χ0) is 16.1. The maximum Gasteiger partial charge on any atom is 0.245 e. The molecular weight excluding hydrogens is 288 g/mol. The van der Waals surface area contributed by atoms with Gasteiger partial charge < -0.3 is 10.2 Å². The molecule has 1 aliphatic heterocycles. The van der Waals surface area contributed by atoms with Crippen LogP contribution in [0, 0.1) is 6.92 Å². The molecule has 1 amide bonds. The zero-order valence-electron chi connectivity index (χ0n) is 13.4. The maximum absolute atomic E-state index is 12.4. The topological polar surface area (TPSA) is 58.1 Å². The van der Waals surface area contributed by atoms with Gasteiger partial charge in [0.1, 0.15) is 6.04 Å². The van der Waals surface area contributed by atoms with Gasteiger partial charge in [-0.25, -0.2) is 9.97 Å². The lowest BCUT2D eigenvalue weighted by Crippen LogP contribution is -2.34. The van der Waals surface area contributed by atoms with Gasteiger partial charge >= 0.3 is 0 Å². The average Bonchev–Trinajstić information content (AvgIpc) is 2.89. The Morgan fingerprint density at radius 1 is 1.26 bits per heavy atom. The normalized spacial score (nSPS) is 17.5. The Morgan fingerprint density at radius 3 is 2.87 bits per heavy atom. The molecule has 0 saturated carbocycles. The first-order valence-electron chi connectivity index (χ1n) is 8.11. The van der Waals surface area contributed by atoms with Gasteiger partial charge in [0, 0.05) is 25.0 Å². The molecule has 120 valence electrons. The summed E-state index contributed by atoms with van der Waals surface area (Å²) >= 11 is 0. The number of nitrogens with one attached hydrogen (secondary N) is 1. The van der Waals surface area contributed by atoms with Gasteiger partial charge in [0.05, 0.1) is 0 Å². The standard InChI is InChI=1S/C18H22N4O/c1-14-9-11-19-18(20-14)21-16-10-13-22(17(16)23)12-5-8-15-6-3-2-4-7-15/h2-4,6-7,9,11,16H,5,8,10,12-13H2,1H3,(H,19,20,21). The Morgan fingerprint density at radius 2 is 2.09 bits per heavy atom.